The molecule has 1 aromatic carbocycles. The molecule has 19 heavy (non-hydrogen) atoms. The minimum atomic E-state index is 0.284. The van der Waals surface area contributed by atoms with Crippen LogP contribution < -0.4 is 0 Å². The number of phenols is 1. The predicted molar refractivity (Wildman–Crippen MR) is 71.5 cm³/mol. The number of hydrogen-bond acceptors (Lipinski definition) is 2. The van der Waals surface area contributed by atoms with E-state index in [1.807, 2.05) is 12.1 Å². The second-order valence-electron chi connectivity index (χ2n) is 6.48. The van der Waals surface area contributed by atoms with Crippen molar-refractivity contribution in [3.8, 4) is 5.75 Å². The van der Waals surface area contributed by atoms with Crippen molar-refractivity contribution in [2.45, 2.75) is 44.7 Å². The number of benzene rings is 1. The fourth-order valence-corrected chi connectivity index (χ4v) is 3.18. The van der Waals surface area contributed by atoms with E-state index in [0.717, 1.165) is 24.8 Å². The Morgan fingerprint density at radius 1 is 1.26 bits per heavy atom. The van der Waals surface area contributed by atoms with Crippen LogP contribution in [0.1, 0.15) is 37.7 Å². The van der Waals surface area contributed by atoms with Gasteiger partial charge in [-0.1, -0.05) is 12.1 Å². The maximum absolute atomic E-state index is 12.6. The number of phenolic OH excluding ortho intramolecular Hbond substituents is 1. The second-order valence-corrected chi connectivity index (χ2v) is 6.48. The summed E-state index contributed by atoms with van der Waals surface area (Å²) in [6.45, 7) is 0.705. The van der Waals surface area contributed by atoms with Gasteiger partial charge >= 0.3 is 0 Å². The molecule has 0 bridgehead atoms. The van der Waals surface area contributed by atoms with Gasteiger partial charge in [0.05, 0.1) is 0 Å². The summed E-state index contributed by atoms with van der Waals surface area (Å²) in [7, 11) is 0. The van der Waals surface area contributed by atoms with E-state index in [1.54, 1.807) is 12.1 Å². The predicted octanol–water partition coefficient (Wildman–Crippen LogP) is 2.68. The molecule has 1 unspecified atom stereocenters. The molecule has 0 aliphatic heterocycles. The first-order valence-electron chi connectivity index (χ1n) is 7.26. The minimum absolute atomic E-state index is 0.284. The van der Waals surface area contributed by atoms with Crippen molar-refractivity contribution in [1.29, 1.82) is 0 Å². The first-order chi connectivity index (χ1) is 9.18. The first-order valence-corrected chi connectivity index (χ1v) is 7.26. The first kappa shape index (κ1) is 11.3. The zero-order chi connectivity index (χ0) is 13.0. The molecule has 1 spiro atoms. The molecule has 1 atom stereocenters. The van der Waals surface area contributed by atoms with E-state index in [4.69, 9.17) is 0 Å². The largest absolute Gasteiger partial charge is 0.508 e. The fraction of sp³-hybridized carbons (Fsp3) is 0.562. The summed E-state index contributed by atoms with van der Waals surface area (Å²) in [4.78, 5) is 14.7. The smallest absolute Gasteiger partial charge is 0.226 e. The Morgan fingerprint density at radius 3 is 2.47 bits per heavy atom. The van der Waals surface area contributed by atoms with Crippen LogP contribution in [0.4, 0.5) is 0 Å². The van der Waals surface area contributed by atoms with Crippen molar-refractivity contribution >= 4 is 5.91 Å². The molecule has 0 saturated heterocycles. The van der Waals surface area contributed by atoms with Crippen LogP contribution in [0.25, 0.3) is 0 Å². The number of aromatic hydroxyl groups is 1. The molecule has 0 aromatic heterocycles. The Hall–Kier alpha value is -1.51. The van der Waals surface area contributed by atoms with Gasteiger partial charge in [-0.2, -0.15) is 0 Å². The third-order valence-corrected chi connectivity index (χ3v) is 4.94. The van der Waals surface area contributed by atoms with Crippen molar-refractivity contribution in [3.05, 3.63) is 29.8 Å². The topological polar surface area (TPSA) is 40.5 Å². The molecule has 0 heterocycles. The molecule has 3 nitrogen and oxygen atoms in total. The van der Waals surface area contributed by atoms with E-state index in [1.165, 1.54) is 12.8 Å². The average Bonchev–Trinajstić information content (AvgIpc) is 3.29. The highest BCUT2D eigenvalue weighted by Gasteiger charge is 2.66. The third kappa shape index (κ3) is 2.01. The zero-order valence-electron chi connectivity index (χ0n) is 11.0. The summed E-state index contributed by atoms with van der Waals surface area (Å²) in [6.07, 6.45) is 5.97. The lowest BCUT2D eigenvalue weighted by Crippen LogP contribution is -2.34. The number of carbonyl (C=O) groups is 1. The Morgan fingerprint density at radius 2 is 1.95 bits per heavy atom. The Kier molecular flexibility index (Phi) is 2.23. The molecule has 1 aromatic rings. The van der Waals surface area contributed by atoms with Crippen molar-refractivity contribution in [2.24, 2.45) is 11.3 Å². The van der Waals surface area contributed by atoms with Gasteiger partial charge in [-0.05, 0) is 55.2 Å². The summed E-state index contributed by atoms with van der Waals surface area (Å²) in [5.41, 5.74) is 1.56. The van der Waals surface area contributed by atoms with Crippen LogP contribution in [0.15, 0.2) is 24.3 Å². The van der Waals surface area contributed by atoms with E-state index in [9.17, 15) is 9.90 Å². The Bertz CT molecular complexity index is 514. The minimum Gasteiger partial charge on any atom is -0.508 e. The van der Waals surface area contributed by atoms with Crippen LogP contribution in [-0.2, 0) is 11.3 Å². The van der Waals surface area contributed by atoms with E-state index in [-0.39, 0.29) is 5.75 Å². The van der Waals surface area contributed by atoms with E-state index in [2.05, 4.69) is 4.90 Å². The highest BCUT2D eigenvalue weighted by Crippen LogP contribution is 2.71. The quantitative estimate of drug-likeness (QED) is 0.901. The van der Waals surface area contributed by atoms with Crippen LogP contribution in [0.3, 0.4) is 0 Å². The standard InChI is InChI=1S/C16H19NO2/c18-13-5-1-11(2-6-13)10-17(12-3-4-12)15(19)14-9-16(14)7-8-16/h1-2,5-6,12,14,18H,3-4,7-10H2. The van der Waals surface area contributed by atoms with Gasteiger partial charge in [-0.25, -0.2) is 0 Å². The molecule has 1 N–H and O–H groups in total. The summed E-state index contributed by atoms with van der Waals surface area (Å²) < 4.78 is 0. The van der Waals surface area contributed by atoms with Gasteiger partial charge in [-0.15, -0.1) is 0 Å². The SMILES string of the molecule is O=C(C1CC12CC2)N(Cc1ccc(O)cc1)C1CC1. The highest BCUT2D eigenvalue weighted by molar-refractivity contribution is 5.84. The highest BCUT2D eigenvalue weighted by atomic mass is 16.3. The third-order valence-electron chi connectivity index (χ3n) is 4.94. The lowest BCUT2D eigenvalue weighted by molar-refractivity contribution is -0.134. The summed E-state index contributed by atoms with van der Waals surface area (Å²) in [6, 6.07) is 7.70. The van der Waals surface area contributed by atoms with Crippen molar-refractivity contribution < 1.29 is 9.90 Å². The van der Waals surface area contributed by atoms with Crippen LogP contribution >= 0.6 is 0 Å². The van der Waals surface area contributed by atoms with E-state index >= 15 is 0 Å². The van der Waals surface area contributed by atoms with Crippen LogP contribution in [0.2, 0.25) is 0 Å². The molecule has 3 saturated carbocycles. The molecule has 3 fully saturated rings. The molecular formula is C16H19NO2. The fourth-order valence-electron chi connectivity index (χ4n) is 3.18. The van der Waals surface area contributed by atoms with Crippen LogP contribution in [0.5, 0.6) is 5.75 Å². The Labute approximate surface area is 113 Å². The molecule has 3 aliphatic rings. The zero-order valence-corrected chi connectivity index (χ0v) is 11.0. The monoisotopic (exact) mass is 257 g/mol. The molecule has 100 valence electrons. The van der Waals surface area contributed by atoms with E-state index in [0.29, 0.717) is 29.8 Å². The average molecular weight is 257 g/mol. The molecule has 3 aliphatic carbocycles. The lowest BCUT2D eigenvalue weighted by atomic mass is 10.1. The second kappa shape index (κ2) is 3.75. The van der Waals surface area contributed by atoms with Gasteiger partial charge in [0.1, 0.15) is 5.75 Å². The lowest BCUT2D eigenvalue weighted by Gasteiger charge is -2.23. The van der Waals surface area contributed by atoms with Gasteiger partial charge < -0.3 is 10.0 Å². The Balaban J connectivity index is 1.48. The molecule has 1 amide bonds. The molecule has 4 rings (SSSR count). The number of hydrogen-bond donors (Lipinski definition) is 1. The summed E-state index contributed by atoms with van der Waals surface area (Å²) >= 11 is 0. The van der Waals surface area contributed by atoms with Crippen molar-refractivity contribution in [3.63, 3.8) is 0 Å². The van der Waals surface area contributed by atoms with Gasteiger partial charge in [0.25, 0.3) is 0 Å². The van der Waals surface area contributed by atoms with Crippen LogP contribution in [0, 0.1) is 11.3 Å². The summed E-state index contributed by atoms with van der Waals surface area (Å²) in [5, 5.41) is 9.32. The normalized spacial score (nSPS) is 26.2. The number of nitrogens with zero attached hydrogens (tertiary/aromatic N) is 1. The number of amides is 1. The van der Waals surface area contributed by atoms with Gasteiger partial charge in [0.2, 0.25) is 5.91 Å². The van der Waals surface area contributed by atoms with Gasteiger partial charge in [-0.3, -0.25) is 4.79 Å². The van der Waals surface area contributed by atoms with Crippen LogP contribution in [-0.4, -0.2) is 22.0 Å². The molecule has 0 radical (unpaired) electrons. The molecule has 3 heteroatoms. The van der Waals surface area contributed by atoms with Crippen molar-refractivity contribution in [1.82, 2.24) is 4.90 Å². The van der Waals surface area contributed by atoms with Crippen molar-refractivity contribution in [2.75, 3.05) is 0 Å². The maximum atomic E-state index is 12.6. The van der Waals surface area contributed by atoms with E-state index < -0.39 is 0 Å². The molecular weight excluding hydrogens is 238 g/mol. The number of carbonyl (C=O) groups excluding carboxylic acids is 1. The maximum Gasteiger partial charge on any atom is 0.226 e. The van der Waals surface area contributed by atoms with Gasteiger partial charge in [0.15, 0.2) is 0 Å². The number of rotatable bonds is 4. The van der Waals surface area contributed by atoms with Gasteiger partial charge in [0, 0.05) is 18.5 Å². The summed E-state index contributed by atoms with van der Waals surface area (Å²) in [5.74, 6) is 0.991.